The van der Waals surface area contributed by atoms with Crippen LogP contribution in [0.3, 0.4) is 0 Å². The molecule has 1 aliphatic rings. The summed E-state index contributed by atoms with van der Waals surface area (Å²) >= 11 is 0. The van der Waals surface area contributed by atoms with Crippen LogP contribution < -0.4 is 10.9 Å². The number of amides is 1. The first kappa shape index (κ1) is 18.0. The standard InChI is InChI=1S/C17H24N6O3/c1-10(2)8-22-13-7-12(18-9-21(3)4)20-23(13)17(26)14(16(22)25)15(24)19-11-5-6-11/h7,9-11,26H,5-6,8H2,1-4H3,(H,19,24)/b18-9+. The molecule has 9 nitrogen and oxygen atoms in total. The first-order valence-corrected chi connectivity index (χ1v) is 8.65. The van der Waals surface area contributed by atoms with Gasteiger partial charge in [0, 0.05) is 32.7 Å². The molecule has 1 amide bonds. The maximum absolute atomic E-state index is 12.9. The lowest BCUT2D eigenvalue weighted by atomic mass is 10.2. The highest BCUT2D eigenvalue weighted by Gasteiger charge is 2.29. The molecule has 2 heterocycles. The van der Waals surface area contributed by atoms with Crippen LogP contribution >= 0.6 is 0 Å². The molecule has 0 aliphatic heterocycles. The highest BCUT2D eigenvalue weighted by atomic mass is 16.3. The van der Waals surface area contributed by atoms with Gasteiger partial charge in [-0.05, 0) is 18.8 Å². The van der Waals surface area contributed by atoms with Crippen LogP contribution in [-0.4, -0.2) is 56.6 Å². The second-order valence-electron chi connectivity index (χ2n) is 7.24. The van der Waals surface area contributed by atoms with E-state index in [0.29, 0.717) is 18.0 Å². The molecule has 0 unspecified atom stereocenters. The lowest BCUT2D eigenvalue weighted by Crippen LogP contribution is -2.36. The molecule has 0 bridgehead atoms. The zero-order chi connectivity index (χ0) is 19.0. The third-order valence-electron chi connectivity index (χ3n) is 3.95. The SMILES string of the molecule is CC(C)Cn1c(=O)c(C(=O)NC2CC2)c(O)n2nc(/N=C/N(C)C)cc12. The van der Waals surface area contributed by atoms with Crippen LogP contribution in [0.1, 0.15) is 37.0 Å². The minimum Gasteiger partial charge on any atom is -0.492 e. The Morgan fingerprint density at radius 2 is 2.19 bits per heavy atom. The molecular formula is C17H24N6O3. The van der Waals surface area contributed by atoms with Crippen molar-refractivity contribution >= 4 is 23.7 Å². The van der Waals surface area contributed by atoms with E-state index in [4.69, 9.17) is 0 Å². The molecular weight excluding hydrogens is 336 g/mol. The van der Waals surface area contributed by atoms with E-state index in [9.17, 15) is 14.7 Å². The van der Waals surface area contributed by atoms with E-state index < -0.39 is 17.3 Å². The molecule has 1 saturated carbocycles. The maximum Gasteiger partial charge on any atom is 0.270 e. The number of aliphatic imine (C=N–C) groups is 1. The predicted octanol–water partition coefficient (Wildman–Crippen LogP) is 0.971. The fourth-order valence-electron chi connectivity index (χ4n) is 2.61. The Kier molecular flexibility index (Phi) is 4.71. The summed E-state index contributed by atoms with van der Waals surface area (Å²) in [7, 11) is 3.65. The third-order valence-corrected chi connectivity index (χ3v) is 3.95. The number of aromatic nitrogens is 3. The van der Waals surface area contributed by atoms with Gasteiger partial charge in [-0.25, -0.2) is 4.99 Å². The number of hydrogen-bond acceptors (Lipinski definition) is 5. The smallest absolute Gasteiger partial charge is 0.270 e. The molecule has 140 valence electrons. The van der Waals surface area contributed by atoms with E-state index in [-0.39, 0.29) is 17.5 Å². The number of nitrogens with one attached hydrogen (secondary N) is 1. The quantitative estimate of drug-likeness (QED) is 0.590. The van der Waals surface area contributed by atoms with Crippen LogP contribution in [0.5, 0.6) is 5.88 Å². The molecule has 26 heavy (non-hydrogen) atoms. The summed E-state index contributed by atoms with van der Waals surface area (Å²) in [5, 5.41) is 17.5. The number of fused-ring (bicyclic) bond motifs is 1. The zero-order valence-corrected chi connectivity index (χ0v) is 15.4. The van der Waals surface area contributed by atoms with E-state index in [1.165, 1.54) is 9.08 Å². The number of carbonyl (C=O) groups excluding carboxylic acids is 1. The average molecular weight is 360 g/mol. The van der Waals surface area contributed by atoms with Crippen molar-refractivity contribution < 1.29 is 9.90 Å². The first-order chi connectivity index (χ1) is 12.3. The molecule has 1 fully saturated rings. The highest BCUT2D eigenvalue weighted by molar-refractivity contribution is 5.96. The van der Waals surface area contributed by atoms with E-state index in [1.54, 1.807) is 17.3 Å². The molecule has 3 rings (SSSR count). The summed E-state index contributed by atoms with van der Waals surface area (Å²) < 4.78 is 2.67. The lowest BCUT2D eigenvalue weighted by Gasteiger charge is -2.14. The average Bonchev–Trinajstić information content (AvgIpc) is 3.25. The van der Waals surface area contributed by atoms with Crippen LogP contribution in [0.2, 0.25) is 0 Å². The van der Waals surface area contributed by atoms with Gasteiger partial charge < -0.3 is 15.3 Å². The summed E-state index contributed by atoms with van der Waals surface area (Å²) in [4.78, 5) is 31.3. The first-order valence-electron chi connectivity index (χ1n) is 8.65. The number of carbonyl (C=O) groups is 1. The Labute approximate surface area is 150 Å². The van der Waals surface area contributed by atoms with Crippen LogP contribution in [0, 0.1) is 5.92 Å². The second-order valence-corrected chi connectivity index (χ2v) is 7.24. The van der Waals surface area contributed by atoms with Crippen molar-refractivity contribution in [3.8, 4) is 5.88 Å². The van der Waals surface area contributed by atoms with Gasteiger partial charge in [0.05, 0.1) is 6.34 Å². The van der Waals surface area contributed by atoms with Gasteiger partial charge in [-0.2, -0.15) is 4.52 Å². The zero-order valence-electron chi connectivity index (χ0n) is 15.4. The van der Waals surface area contributed by atoms with E-state index in [2.05, 4.69) is 15.4 Å². The van der Waals surface area contributed by atoms with Crippen molar-refractivity contribution in [3.63, 3.8) is 0 Å². The minimum atomic E-state index is -0.566. The fourth-order valence-corrected chi connectivity index (χ4v) is 2.61. The molecule has 2 aromatic rings. The van der Waals surface area contributed by atoms with Gasteiger partial charge in [0.15, 0.2) is 11.4 Å². The van der Waals surface area contributed by atoms with Crippen molar-refractivity contribution in [2.24, 2.45) is 10.9 Å². The van der Waals surface area contributed by atoms with Gasteiger partial charge in [-0.15, -0.1) is 5.10 Å². The van der Waals surface area contributed by atoms with Gasteiger partial charge in [-0.1, -0.05) is 13.8 Å². The van der Waals surface area contributed by atoms with E-state index >= 15 is 0 Å². The Balaban J connectivity index is 2.17. The molecule has 2 aromatic heterocycles. The highest BCUT2D eigenvalue weighted by Crippen LogP contribution is 2.23. The van der Waals surface area contributed by atoms with Crippen molar-refractivity contribution in [2.75, 3.05) is 14.1 Å². The number of aromatic hydroxyl groups is 1. The summed E-state index contributed by atoms with van der Waals surface area (Å²) in [6, 6.07) is 1.69. The van der Waals surface area contributed by atoms with E-state index in [0.717, 1.165) is 12.8 Å². The molecule has 0 saturated heterocycles. The lowest BCUT2D eigenvalue weighted by molar-refractivity contribution is 0.0944. The Hall–Kier alpha value is -2.84. The molecule has 2 N–H and O–H groups in total. The number of hydrogen-bond donors (Lipinski definition) is 2. The summed E-state index contributed by atoms with van der Waals surface area (Å²) in [5.74, 6) is -0.521. The molecule has 0 radical (unpaired) electrons. The van der Waals surface area contributed by atoms with Crippen LogP contribution in [0.4, 0.5) is 5.82 Å². The third kappa shape index (κ3) is 3.56. The Morgan fingerprint density at radius 1 is 1.50 bits per heavy atom. The van der Waals surface area contributed by atoms with Crippen molar-refractivity contribution in [3.05, 3.63) is 22.0 Å². The van der Waals surface area contributed by atoms with Gasteiger partial charge in [-0.3, -0.25) is 14.2 Å². The van der Waals surface area contributed by atoms with Gasteiger partial charge in [0.1, 0.15) is 5.65 Å². The molecule has 0 aromatic carbocycles. The van der Waals surface area contributed by atoms with Gasteiger partial charge in [0.2, 0.25) is 5.88 Å². The van der Waals surface area contributed by atoms with E-state index in [1.807, 2.05) is 27.9 Å². The maximum atomic E-state index is 12.9. The molecule has 1 aliphatic carbocycles. The van der Waals surface area contributed by atoms with Crippen LogP contribution in [0.25, 0.3) is 5.65 Å². The van der Waals surface area contributed by atoms with Gasteiger partial charge in [0.25, 0.3) is 11.5 Å². The Bertz CT molecular complexity index is 921. The minimum absolute atomic E-state index is 0.0772. The molecule has 0 atom stereocenters. The van der Waals surface area contributed by atoms with Crippen molar-refractivity contribution in [1.29, 1.82) is 0 Å². The second kappa shape index (κ2) is 6.81. The summed E-state index contributed by atoms with van der Waals surface area (Å²) in [6.45, 7) is 4.34. The topological polar surface area (TPSA) is 104 Å². The van der Waals surface area contributed by atoms with Crippen molar-refractivity contribution in [1.82, 2.24) is 24.4 Å². The Morgan fingerprint density at radius 3 is 2.77 bits per heavy atom. The predicted molar refractivity (Wildman–Crippen MR) is 98.3 cm³/mol. The van der Waals surface area contributed by atoms with Crippen molar-refractivity contribution in [2.45, 2.75) is 39.3 Å². The van der Waals surface area contributed by atoms with Crippen LogP contribution in [0.15, 0.2) is 15.9 Å². The number of rotatable bonds is 6. The summed E-state index contributed by atoms with van der Waals surface area (Å²) in [6.07, 6.45) is 3.35. The largest absolute Gasteiger partial charge is 0.492 e. The molecule has 0 spiro atoms. The fraction of sp³-hybridized carbons (Fsp3) is 0.529. The number of nitrogens with zero attached hydrogens (tertiary/aromatic N) is 5. The normalized spacial score (nSPS) is 14.5. The monoisotopic (exact) mass is 360 g/mol. The molecule has 9 heteroatoms. The summed E-state index contributed by atoms with van der Waals surface area (Å²) in [5.41, 5.74) is -0.406. The van der Waals surface area contributed by atoms with Gasteiger partial charge >= 0.3 is 0 Å². The van der Waals surface area contributed by atoms with Crippen LogP contribution in [-0.2, 0) is 6.54 Å².